The second kappa shape index (κ2) is 17.3. The summed E-state index contributed by atoms with van der Waals surface area (Å²) in [6.07, 6.45) is 0. The summed E-state index contributed by atoms with van der Waals surface area (Å²) in [5, 5.41) is 0. The smallest absolute Gasteiger partial charge is 0.331 e. The van der Waals surface area contributed by atoms with Crippen LogP contribution in [0.2, 0.25) is 0 Å². The average Bonchev–Trinajstić information content (AvgIpc) is 2.50. The van der Waals surface area contributed by atoms with E-state index in [-0.39, 0.29) is 6.61 Å². The van der Waals surface area contributed by atoms with Crippen LogP contribution in [0.3, 0.4) is 0 Å². The zero-order valence-corrected chi connectivity index (χ0v) is 12.7. The normalized spacial score (nSPS) is 10.8. The number of esters is 1. The Hall–Kier alpha value is -0.770. The van der Waals surface area contributed by atoms with Crippen LogP contribution in [0, 0.1) is 0 Å². The van der Waals surface area contributed by atoms with Crippen LogP contribution in [-0.2, 0) is 33.2 Å². The summed E-state index contributed by atoms with van der Waals surface area (Å²) in [5.74, 6) is -0.397. The summed E-state index contributed by atoms with van der Waals surface area (Å²) in [4.78, 5) is 10.7. The topological polar surface area (TPSA) is 98.5 Å². The molecule has 0 aromatic rings. The van der Waals surface area contributed by atoms with Crippen molar-refractivity contribution in [2.45, 2.75) is 0 Å². The molecule has 8 heteroatoms. The monoisotopic (exact) mass is 309 g/mol. The largest absolute Gasteiger partial charge is 0.467 e. The minimum Gasteiger partial charge on any atom is -0.467 e. The zero-order chi connectivity index (χ0) is 15.6. The number of carbonyl (C=O) groups is 1. The first kappa shape index (κ1) is 20.2. The molecule has 126 valence electrons. The minimum atomic E-state index is -0.397. The quantitative estimate of drug-likeness (QED) is 0.292. The maximum absolute atomic E-state index is 10.7. The first-order valence-corrected chi connectivity index (χ1v) is 6.97. The lowest BCUT2D eigenvalue weighted by atomic mass is 10.6. The number of methoxy groups -OCH3 is 1. The maximum Gasteiger partial charge on any atom is 0.331 e. The predicted octanol–water partition coefficient (Wildman–Crippen LogP) is -0.799. The van der Waals surface area contributed by atoms with Crippen LogP contribution in [0.5, 0.6) is 0 Å². The molecule has 0 radical (unpaired) electrons. The summed E-state index contributed by atoms with van der Waals surface area (Å²) in [6, 6.07) is 0. The van der Waals surface area contributed by atoms with Crippen LogP contribution in [0.25, 0.3) is 0 Å². The molecule has 0 atom stereocenters. The number of hydrogen-bond acceptors (Lipinski definition) is 8. The van der Waals surface area contributed by atoms with E-state index in [1.807, 2.05) is 0 Å². The van der Waals surface area contributed by atoms with Crippen LogP contribution < -0.4 is 5.73 Å². The van der Waals surface area contributed by atoms with Gasteiger partial charge in [0.05, 0.1) is 66.6 Å². The fourth-order valence-electron chi connectivity index (χ4n) is 1.18. The van der Waals surface area contributed by atoms with Crippen molar-refractivity contribution in [3.05, 3.63) is 0 Å². The Labute approximate surface area is 125 Å². The van der Waals surface area contributed by atoms with Crippen molar-refractivity contribution in [1.82, 2.24) is 0 Å². The molecule has 0 fully saturated rings. The molecule has 0 aliphatic heterocycles. The highest BCUT2D eigenvalue weighted by molar-refractivity contribution is 5.70. The molecule has 0 aliphatic carbocycles. The molecule has 0 amide bonds. The fourth-order valence-corrected chi connectivity index (χ4v) is 1.18. The van der Waals surface area contributed by atoms with E-state index in [4.69, 9.17) is 29.4 Å². The Kier molecular flexibility index (Phi) is 16.6. The van der Waals surface area contributed by atoms with Crippen LogP contribution in [0.1, 0.15) is 0 Å². The van der Waals surface area contributed by atoms with Crippen LogP contribution in [0.15, 0.2) is 0 Å². The Morgan fingerprint density at radius 2 is 1.10 bits per heavy atom. The molecule has 0 spiro atoms. The van der Waals surface area contributed by atoms with Gasteiger partial charge in [-0.05, 0) is 0 Å². The molecule has 0 saturated heterocycles. The van der Waals surface area contributed by atoms with Gasteiger partial charge < -0.3 is 34.2 Å². The van der Waals surface area contributed by atoms with Crippen molar-refractivity contribution in [2.75, 3.05) is 79.7 Å². The molecule has 0 rings (SSSR count). The Morgan fingerprint density at radius 3 is 1.48 bits per heavy atom. The molecule has 0 aromatic heterocycles. The average molecular weight is 309 g/mol. The van der Waals surface area contributed by atoms with E-state index in [1.165, 1.54) is 7.11 Å². The van der Waals surface area contributed by atoms with Gasteiger partial charge in [0.1, 0.15) is 6.61 Å². The lowest BCUT2D eigenvalue weighted by Crippen LogP contribution is -2.16. The molecule has 0 bridgehead atoms. The summed E-state index contributed by atoms with van der Waals surface area (Å²) in [5.41, 5.74) is 5.27. The Morgan fingerprint density at radius 1 is 0.714 bits per heavy atom. The third-order valence-corrected chi connectivity index (χ3v) is 2.20. The number of ether oxygens (including phenoxy) is 6. The van der Waals surface area contributed by atoms with E-state index >= 15 is 0 Å². The number of hydrogen-bond donors (Lipinski definition) is 1. The summed E-state index contributed by atoms with van der Waals surface area (Å²) < 4.78 is 30.4. The summed E-state index contributed by atoms with van der Waals surface area (Å²) >= 11 is 0. The van der Waals surface area contributed by atoms with Gasteiger partial charge in [-0.15, -0.1) is 0 Å². The van der Waals surface area contributed by atoms with E-state index < -0.39 is 5.97 Å². The minimum absolute atomic E-state index is 0.0529. The third-order valence-electron chi connectivity index (χ3n) is 2.20. The van der Waals surface area contributed by atoms with E-state index in [2.05, 4.69) is 4.74 Å². The molecule has 0 aromatic carbocycles. The molecule has 0 aliphatic rings. The first-order chi connectivity index (χ1) is 10.3. The fraction of sp³-hybridized carbons (Fsp3) is 0.923. The Balaban J connectivity index is 2.98. The van der Waals surface area contributed by atoms with Gasteiger partial charge in [0.2, 0.25) is 0 Å². The van der Waals surface area contributed by atoms with Crippen LogP contribution in [0.4, 0.5) is 0 Å². The molecule has 21 heavy (non-hydrogen) atoms. The molecule has 8 nitrogen and oxygen atoms in total. The summed E-state index contributed by atoms with van der Waals surface area (Å²) in [6.45, 7) is 4.87. The van der Waals surface area contributed by atoms with Gasteiger partial charge in [0.15, 0.2) is 0 Å². The van der Waals surface area contributed by atoms with Crippen molar-refractivity contribution in [3.8, 4) is 0 Å². The molecular weight excluding hydrogens is 282 g/mol. The van der Waals surface area contributed by atoms with Crippen LogP contribution >= 0.6 is 0 Å². The Bertz CT molecular complexity index is 229. The second-order valence-corrected chi connectivity index (χ2v) is 3.87. The van der Waals surface area contributed by atoms with Crippen molar-refractivity contribution < 1.29 is 33.2 Å². The number of rotatable bonds is 16. The summed E-state index contributed by atoms with van der Waals surface area (Å²) in [7, 11) is 1.32. The first-order valence-electron chi connectivity index (χ1n) is 6.97. The van der Waals surface area contributed by atoms with Crippen molar-refractivity contribution >= 4 is 5.97 Å². The van der Waals surface area contributed by atoms with E-state index in [9.17, 15) is 4.79 Å². The van der Waals surface area contributed by atoms with Gasteiger partial charge >= 0.3 is 5.97 Å². The van der Waals surface area contributed by atoms with Crippen LogP contribution in [-0.4, -0.2) is 85.7 Å². The lowest BCUT2D eigenvalue weighted by molar-refractivity contribution is -0.146. The highest BCUT2D eigenvalue weighted by Gasteiger charge is 1.98. The van der Waals surface area contributed by atoms with Crippen molar-refractivity contribution in [2.24, 2.45) is 5.73 Å². The second-order valence-electron chi connectivity index (χ2n) is 3.87. The molecule has 0 heterocycles. The van der Waals surface area contributed by atoms with Crippen molar-refractivity contribution in [3.63, 3.8) is 0 Å². The maximum atomic E-state index is 10.7. The van der Waals surface area contributed by atoms with Crippen molar-refractivity contribution in [1.29, 1.82) is 0 Å². The molecule has 2 N–H and O–H groups in total. The highest BCUT2D eigenvalue weighted by Crippen LogP contribution is 1.84. The van der Waals surface area contributed by atoms with E-state index in [0.717, 1.165) is 0 Å². The van der Waals surface area contributed by atoms with Gasteiger partial charge in [-0.3, -0.25) is 0 Å². The van der Waals surface area contributed by atoms with Gasteiger partial charge in [-0.25, -0.2) is 4.79 Å². The van der Waals surface area contributed by atoms with Gasteiger partial charge in [0, 0.05) is 6.54 Å². The van der Waals surface area contributed by atoms with Gasteiger partial charge in [-0.1, -0.05) is 0 Å². The van der Waals surface area contributed by atoms with Gasteiger partial charge in [-0.2, -0.15) is 0 Å². The van der Waals surface area contributed by atoms with Gasteiger partial charge in [0.25, 0.3) is 0 Å². The SMILES string of the molecule is COC(=O)COCCOCCOCCOCCOCCN. The molecule has 0 unspecified atom stereocenters. The van der Waals surface area contributed by atoms with E-state index in [0.29, 0.717) is 66.0 Å². The molecule has 0 saturated carbocycles. The predicted molar refractivity (Wildman–Crippen MR) is 75.2 cm³/mol. The molecular formula is C13H27NO7. The zero-order valence-electron chi connectivity index (χ0n) is 12.7. The standard InChI is InChI=1S/C13H27NO7/c1-16-13(15)12-21-11-10-20-9-8-19-7-6-18-5-4-17-3-2-14/h2-12,14H2,1H3. The third kappa shape index (κ3) is 17.2. The lowest BCUT2D eigenvalue weighted by Gasteiger charge is -2.07. The highest BCUT2D eigenvalue weighted by atomic mass is 16.6. The number of nitrogens with two attached hydrogens (primary N) is 1. The number of carbonyl (C=O) groups excluding carboxylic acids is 1. The van der Waals surface area contributed by atoms with E-state index in [1.54, 1.807) is 0 Å².